The molecule has 0 amide bonds. The number of hydrogen-bond acceptors (Lipinski definition) is 3. The van der Waals surface area contributed by atoms with Crippen LogP contribution in [0.2, 0.25) is 5.02 Å². The summed E-state index contributed by atoms with van der Waals surface area (Å²) in [6.45, 7) is 0.748. The summed E-state index contributed by atoms with van der Waals surface area (Å²) in [7, 11) is 0. The molecule has 0 radical (unpaired) electrons. The highest BCUT2D eigenvalue weighted by atomic mass is 35.5. The van der Waals surface area contributed by atoms with Gasteiger partial charge in [-0.2, -0.15) is 11.8 Å². The third kappa shape index (κ3) is 3.58. The smallest absolute Gasteiger partial charge is 0.142 e. The molecular weight excluding hydrogens is 261 g/mol. The van der Waals surface area contributed by atoms with Crippen molar-refractivity contribution in [3.8, 4) is 0 Å². The van der Waals surface area contributed by atoms with Crippen LogP contribution in [0.1, 0.15) is 5.56 Å². The molecule has 5 heteroatoms. The van der Waals surface area contributed by atoms with Crippen LogP contribution in [0.5, 0.6) is 0 Å². The zero-order chi connectivity index (χ0) is 12.3. The number of benzene rings is 1. The third-order valence-corrected chi connectivity index (χ3v) is 4.10. The Bertz CT molecular complexity index is 385. The van der Waals surface area contributed by atoms with Crippen molar-refractivity contribution in [2.75, 3.05) is 18.1 Å². The minimum absolute atomic E-state index is 0.0625. The van der Waals surface area contributed by atoms with Crippen LogP contribution in [0, 0.1) is 5.82 Å². The van der Waals surface area contributed by atoms with Gasteiger partial charge in [-0.1, -0.05) is 17.7 Å². The van der Waals surface area contributed by atoms with Gasteiger partial charge in [0.15, 0.2) is 0 Å². The Balaban J connectivity index is 1.96. The van der Waals surface area contributed by atoms with Crippen molar-refractivity contribution in [2.45, 2.75) is 18.6 Å². The average molecular weight is 276 g/mol. The van der Waals surface area contributed by atoms with Crippen molar-refractivity contribution in [2.24, 2.45) is 5.73 Å². The molecule has 2 nitrogen and oxygen atoms in total. The van der Waals surface area contributed by atoms with E-state index >= 15 is 0 Å². The van der Waals surface area contributed by atoms with Gasteiger partial charge in [0.2, 0.25) is 0 Å². The zero-order valence-electron chi connectivity index (χ0n) is 9.36. The van der Waals surface area contributed by atoms with Crippen LogP contribution in [0.25, 0.3) is 0 Å². The molecule has 0 spiro atoms. The van der Waals surface area contributed by atoms with Crippen LogP contribution in [-0.2, 0) is 11.2 Å². The molecule has 0 aromatic heterocycles. The fraction of sp³-hybridized carbons (Fsp3) is 0.500. The lowest BCUT2D eigenvalue weighted by Gasteiger charge is -2.27. The van der Waals surface area contributed by atoms with Gasteiger partial charge >= 0.3 is 0 Å². The summed E-state index contributed by atoms with van der Waals surface area (Å²) >= 11 is 7.48. The van der Waals surface area contributed by atoms with Gasteiger partial charge in [0.1, 0.15) is 5.82 Å². The highest BCUT2D eigenvalue weighted by molar-refractivity contribution is 7.99. The molecule has 1 heterocycles. The van der Waals surface area contributed by atoms with E-state index < -0.39 is 5.82 Å². The van der Waals surface area contributed by atoms with E-state index in [4.69, 9.17) is 22.1 Å². The lowest BCUT2D eigenvalue weighted by molar-refractivity contribution is 0.0572. The third-order valence-electron chi connectivity index (χ3n) is 2.77. The van der Waals surface area contributed by atoms with Gasteiger partial charge in [0.25, 0.3) is 0 Å². The molecule has 1 saturated heterocycles. The summed E-state index contributed by atoms with van der Waals surface area (Å²) in [5.41, 5.74) is 6.93. The van der Waals surface area contributed by atoms with Gasteiger partial charge in [-0.05, 0) is 24.1 Å². The molecule has 0 saturated carbocycles. The lowest BCUT2D eigenvalue weighted by atomic mass is 10.0. The fourth-order valence-corrected chi connectivity index (χ4v) is 2.90. The Labute approximate surface area is 110 Å². The van der Waals surface area contributed by atoms with Crippen molar-refractivity contribution in [3.05, 3.63) is 34.6 Å². The molecular formula is C12H15ClFNOS. The molecule has 17 heavy (non-hydrogen) atoms. The van der Waals surface area contributed by atoms with Crippen LogP contribution in [0.3, 0.4) is 0 Å². The summed E-state index contributed by atoms with van der Waals surface area (Å²) < 4.78 is 18.9. The molecule has 1 fully saturated rings. The molecule has 1 aliphatic rings. The first-order chi connectivity index (χ1) is 8.16. The highest BCUT2D eigenvalue weighted by Gasteiger charge is 2.22. The Hall–Kier alpha value is -0.290. The Kier molecular flexibility index (Phi) is 4.68. The monoisotopic (exact) mass is 275 g/mol. The van der Waals surface area contributed by atoms with Gasteiger partial charge < -0.3 is 10.5 Å². The van der Waals surface area contributed by atoms with E-state index in [1.807, 2.05) is 11.8 Å². The maximum absolute atomic E-state index is 13.3. The summed E-state index contributed by atoms with van der Waals surface area (Å²) in [6.07, 6.45) is 0.673. The van der Waals surface area contributed by atoms with E-state index in [-0.39, 0.29) is 17.2 Å². The molecule has 2 atom stereocenters. The largest absolute Gasteiger partial charge is 0.375 e. The average Bonchev–Trinajstić information content (AvgIpc) is 2.35. The van der Waals surface area contributed by atoms with E-state index in [0.29, 0.717) is 6.42 Å². The summed E-state index contributed by atoms with van der Waals surface area (Å²) in [6, 6.07) is 4.72. The van der Waals surface area contributed by atoms with Crippen LogP contribution in [0.15, 0.2) is 18.2 Å². The van der Waals surface area contributed by atoms with E-state index in [0.717, 1.165) is 23.7 Å². The molecule has 0 bridgehead atoms. The molecule has 2 rings (SSSR count). The normalized spacial score (nSPS) is 22.4. The number of halogens is 2. The van der Waals surface area contributed by atoms with Crippen molar-refractivity contribution >= 4 is 23.4 Å². The van der Waals surface area contributed by atoms with Crippen molar-refractivity contribution in [1.29, 1.82) is 0 Å². The topological polar surface area (TPSA) is 35.2 Å². The van der Waals surface area contributed by atoms with E-state index in [1.54, 1.807) is 12.1 Å². The van der Waals surface area contributed by atoms with Crippen LogP contribution in [0.4, 0.5) is 4.39 Å². The Morgan fingerprint density at radius 2 is 2.41 bits per heavy atom. The quantitative estimate of drug-likeness (QED) is 0.921. The molecule has 94 valence electrons. The highest BCUT2D eigenvalue weighted by Crippen LogP contribution is 2.19. The maximum atomic E-state index is 13.3. The van der Waals surface area contributed by atoms with Crippen molar-refractivity contribution < 1.29 is 9.13 Å². The second-order valence-electron chi connectivity index (χ2n) is 4.10. The van der Waals surface area contributed by atoms with Crippen LogP contribution < -0.4 is 5.73 Å². The summed E-state index contributed by atoms with van der Waals surface area (Å²) in [4.78, 5) is 0. The maximum Gasteiger partial charge on any atom is 0.142 e. The second-order valence-corrected chi connectivity index (χ2v) is 5.66. The molecule has 2 N–H and O–H groups in total. The van der Waals surface area contributed by atoms with E-state index in [9.17, 15) is 4.39 Å². The van der Waals surface area contributed by atoms with Crippen LogP contribution in [-0.4, -0.2) is 30.3 Å². The standard InChI is InChI=1S/C12H15ClFNOS/c13-9-2-1-8(5-10(9)14)6-11(15)12-7-17-4-3-16-12/h1-2,5,11-12H,3-4,6-7,15H2. The minimum Gasteiger partial charge on any atom is -0.375 e. The lowest BCUT2D eigenvalue weighted by Crippen LogP contribution is -2.42. The minimum atomic E-state index is -0.393. The first-order valence-electron chi connectivity index (χ1n) is 5.55. The SMILES string of the molecule is NC(Cc1ccc(Cl)c(F)c1)C1CSCCO1. The fourth-order valence-electron chi connectivity index (χ4n) is 1.82. The predicted molar refractivity (Wildman–Crippen MR) is 70.2 cm³/mol. The summed E-state index contributed by atoms with van der Waals surface area (Å²) in [5, 5.41) is 0.145. The first kappa shape index (κ1) is 13.1. The summed E-state index contributed by atoms with van der Waals surface area (Å²) in [5.74, 6) is 1.55. The van der Waals surface area contributed by atoms with Gasteiger partial charge in [-0.15, -0.1) is 0 Å². The Morgan fingerprint density at radius 1 is 1.59 bits per heavy atom. The molecule has 1 aliphatic heterocycles. The van der Waals surface area contributed by atoms with Gasteiger partial charge in [-0.3, -0.25) is 0 Å². The van der Waals surface area contributed by atoms with Crippen molar-refractivity contribution in [1.82, 2.24) is 0 Å². The first-order valence-corrected chi connectivity index (χ1v) is 7.09. The molecule has 1 aromatic rings. The Morgan fingerprint density at radius 3 is 3.06 bits per heavy atom. The second kappa shape index (κ2) is 6.05. The van der Waals surface area contributed by atoms with Crippen molar-refractivity contribution in [3.63, 3.8) is 0 Å². The number of hydrogen-bond donors (Lipinski definition) is 1. The molecule has 1 aromatic carbocycles. The number of ether oxygens (including phenoxy) is 1. The number of nitrogens with two attached hydrogens (primary N) is 1. The van der Waals surface area contributed by atoms with Gasteiger partial charge in [-0.25, -0.2) is 4.39 Å². The van der Waals surface area contributed by atoms with Gasteiger partial charge in [0.05, 0.1) is 17.7 Å². The predicted octanol–water partition coefficient (Wildman–Crippen LogP) is 2.48. The molecule has 0 aliphatic carbocycles. The number of rotatable bonds is 3. The van der Waals surface area contributed by atoms with E-state index in [2.05, 4.69) is 0 Å². The zero-order valence-corrected chi connectivity index (χ0v) is 10.9. The van der Waals surface area contributed by atoms with Crippen LogP contribution >= 0.6 is 23.4 Å². The molecule has 2 unspecified atom stereocenters. The van der Waals surface area contributed by atoms with Gasteiger partial charge in [0, 0.05) is 17.5 Å². The van der Waals surface area contributed by atoms with E-state index in [1.165, 1.54) is 6.07 Å². The number of thioether (sulfide) groups is 1.